The van der Waals surface area contributed by atoms with Crippen molar-refractivity contribution in [2.24, 2.45) is 5.92 Å². The van der Waals surface area contributed by atoms with Gasteiger partial charge in [0.1, 0.15) is 12.2 Å². The zero-order chi connectivity index (χ0) is 19.2. The Kier molecular flexibility index (Phi) is 7.32. The Labute approximate surface area is 152 Å². The van der Waals surface area contributed by atoms with E-state index in [-0.39, 0.29) is 5.92 Å². The maximum absolute atomic E-state index is 12.4. The standard InChI is InChI=1S/C19H27F3N2O2/c1-23(18(25)12-19(20,21)22)13-16-4-3-10-24(14-16)11-9-15-5-7-17(26-2)8-6-15/h5-8,16H,3-4,9-14H2,1-2H3/t16-/m0/s1. The van der Waals surface area contributed by atoms with Crippen molar-refractivity contribution in [2.45, 2.75) is 31.9 Å². The van der Waals surface area contributed by atoms with Gasteiger partial charge in [-0.25, -0.2) is 0 Å². The third kappa shape index (κ3) is 6.86. The number of nitrogens with zero attached hydrogens (tertiary/aromatic N) is 2. The number of rotatable bonds is 7. The highest BCUT2D eigenvalue weighted by Crippen LogP contribution is 2.22. The maximum atomic E-state index is 12.4. The minimum Gasteiger partial charge on any atom is -0.497 e. The predicted octanol–water partition coefficient (Wildman–Crippen LogP) is 3.36. The number of carbonyl (C=O) groups is 1. The molecular weight excluding hydrogens is 345 g/mol. The van der Waals surface area contributed by atoms with E-state index in [1.165, 1.54) is 17.5 Å². The molecule has 1 aliphatic heterocycles. The highest BCUT2D eigenvalue weighted by molar-refractivity contribution is 5.76. The lowest BCUT2D eigenvalue weighted by Gasteiger charge is -2.34. The first-order valence-corrected chi connectivity index (χ1v) is 8.93. The lowest BCUT2D eigenvalue weighted by Crippen LogP contribution is -2.42. The number of alkyl halides is 3. The summed E-state index contributed by atoms with van der Waals surface area (Å²) in [6, 6.07) is 7.97. The second-order valence-corrected chi connectivity index (χ2v) is 6.97. The molecule has 0 saturated carbocycles. The Morgan fingerprint density at radius 1 is 1.31 bits per heavy atom. The van der Waals surface area contributed by atoms with Crippen LogP contribution in [0.2, 0.25) is 0 Å². The van der Waals surface area contributed by atoms with Crippen molar-refractivity contribution in [2.75, 3.05) is 40.3 Å². The van der Waals surface area contributed by atoms with E-state index in [0.717, 1.165) is 44.6 Å². The predicted molar refractivity (Wildman–Crippen MR) is 94.2 cm³/mol. The van der Waals surface area contributed by atoms with Gasteiger partial charge in [0.05, 0.1) is 7.11 Å². The number of likely N-dealkylation sites (tertiary alicyclic amines) is 1. The summed E-state index contributed by atoms with van der Waals surface area (Å²) in [4.78, 5) is 15.2. The molecule has 1 saturated heterocycles. The van der Waals surface area contributed by atoms with Gasteiger partial charge in [0, 0.05) is 26.7 Å². The SMILES string of the molecule is COc1ccc(CCN2CCC[C@@H](CN(C)C(=O)CC(F)(F)F)C2)cc1. The topological polar surface area (TPSA) is 32.8 Å². The van der Waals surface area contributed by atoms with E-state index in [0.29, 0.717) is 6.54 Å². The molecule has 1 atom stereocenters. The van der Waals surface area contributed by atoms with Crippen LogP contribution >= 0.6 is 0 Å². The summed E-state index contributed by atoms with van der Waals surface area (Å²) in [5.41, 5.74) is 1.23. The van der Waals surface area contributed by atoms with Crippen LogP contribution in [0.5, 0.6) is 5.75 Å². The third-order valence-electron chi connectivity index (χ3n) is 4.79. The van der Waals surface area contributed by atoms with Crippen molar-refractivity contribution in [3.8, 4) is 5.75 Å². The monoisotopic (exact) mass is 372 g/mol. The van der Waals surface area contributed by atoms with Gasteiger partial charge < -0.3 is 14.5 Å². The van der Waals surface area contributed by atoms with E-state index in [2.05, 4.69) is 4.90 Å². The number of piperidine rings is 1. The highest BCUT2D eigenvalue weighted by Gasteiger charge is 2.33. The van der Waals surface area contributed by atoms with Crippen molar-refractivity contribution >= 4 is 5.91 Å². The molecule has 0 radical (unpaired) electrons. The molecule has 0 unspecified atom stereocenters. The molecular formula is C19H27F3N2O2. The first kappa shape index (κ1) is 20.6. The van der Waals surface area contributed by atoms with Crippen LogP contribution in [0.25, 0.3) is 0 Å². The van der Waals surface area contributed by atoms with Crippen LogP contribution in [0.1, 0.15) is 24.8 Å². The first-order valence-electron chi connectivity index (χ1n) is 8.93. The molecule has 1 amide bonds. The summed E-state index contributed by atoms with van der Waals surface area (Å²) < 4.78 is 42.2. The van der Waals surface area contributed by atoms with Gasteiger partial charge in [0.25, 0.3) is 0 Å². The minimum atomic E-state index is -4.44. The fraction of sp³-hybridized carbons (Fsp3) is 0.632. The maximum Gasteiger partial charge on any atom is 0.397 e. The number of methoxy groups -OCH3 is 1. The average molecular weight is 372 g/mol. The van der Waals surface area contributed by atoms with Crippen LogP contribution < -0.4 is 4.74 Å². The molecule has 0 spiro atoms. The summed E-state index contributed by atoms with van der Waals surface area (Å²) >= 11 is 0. The summed E-state index contributed by atoms with van der Waals surface area (Å²) in [5.74, 6) is 0.202. The Balaban J connectivity index is 1.78. The number of carbonyl (C=O) groups excluding carboxylic acids is 1. The molecule has 26 heavy (non-hydrogen) atoms. The van der Waals surface area contributed by atoms with Crippen molar-refractivity contribution in [3.05, 3.63) is 29.8 Å². The number of benzene rings is 1. The molecule has 1 aromatic carbocycles. The van der Waals surface area contributed by atoms with Crippen LogP contribution in [0.15, 0.2) is 24.3 Å². The van der Waals surface area contributed by atoms with Crippen molar-refractivity contribution in [3.63, 3.8) is 0 Å². The van der Waals surface area contributed by atoms with E-state index >= 15 is 0 Å². The Bertz CT molecular complexity index is 575. The molecule has 0 N–H and O–H groups in total. The van der Waals surface area contributed by atoms with Gasteiger partial charge in [-0.1, -0.05) is 12.1 Å². The second kappa shape index (κ2) is 9.26. The molecule has 7 heteroatoms. The van der Waals surface area contributed by atoms with E-state index in [9.17, 15) is 18.0 Å². The molecule has 146 valence electrons. The lowest BCUT2D eigenvalue weighted by atomic mass is 9.97. The van der Waals surface area contributed by atoms with Crippen LogP contribution in [0, 0.1) is 5.92 Å². The summed E-state index contributed by atoms with van der Waals surface area (Å²) in [6.07, 6.45) is -2.95. The van der Waals surface area contributed by atoms with Crippen molar-refractivity contribution in [1.82, 2.24) is 9.80 Å². The van der Waals surface area contributed by atoms with Gasteiger partial charge in [0.15, 0.2) is 0 Å². The van der Waals surface area contributed by atoms with Gasteiger partial charge in [0.2, 0.25) is 5.91 Å². The molecule has 2 rings (SSSR count). The van der Waals surface area contributed by atoms with Gasteiger partial charge in [-0.15, -0.1) is 0 Å². The van der Waals surface area contributed by atoms with E-state index in [1.807, 2.05) is 24.3 Å². The van der Waals surface area contributed by atoms with Crippen LogP contribution in [0.4, 0.5) is 13.2 Å². The minimum absolute atomic E-state index is 0.224. The van der Waals surface area contributed by atoms with E-state index in [1.54, 1.807) is 7.11 Å². The average Bonchev–Trinajstić information content (AvgIpc) is 2.59. The zero-order valence-corrected chi connectivity index (χ0v) is 15.4. The number of amides is 1. The van der Waals surface area contributed by atoms with Gasteiger partial charge >= 0.3 is 6.18 Å². The largest absolute Gasteiger partial charge is 0.497 e. The summed E-state index contributed by atoms with van der Waals surface area (Å²) in [7, 11) is 3.10. The molecule has 1 fully saturated rings. The van der Waals surface area contributed by atoms with E-state index < -0.39 is 18.5 Å². The third-order valence-corrected chi connectivity index (χ3v) is 4.79. The quantitative estimate of drug-likeness (QED) is 0.736. The number of ether oxygens (including phenoxy) is 1. The van der Waals surface area contributed by atoms with Crippen LogP contribution in [-0.4, -0.2) is 62.2 Å². The van der Waals surface area contributed by atoms with Gasteiger partial charge in [-0.05, 0) is 49.4 Å². The second-order valence-electron chi connectivity index (χ2n) is 6.97. The summed E-state index contributed by atoms with van der Waals surface area (Å²) in [5, 5.41) is 0. The fourth-order valence-corrected chi connectivity index (χ4v) is 3.38. The van der Waals surface area contributed by atoms with Crippen molar-refractivity contribution < 1.29 is 22.7 Å². The Hall–Kier alpha value is -1.76. The molecule has 0 bridgehead atoms. The van der Waals surface area contributed by atoms with Crippen LogP contribution in [-0.2, 0) is 11.2 Å². The Morgan fingerprint density at radius 3 is 2.62 bits per heavy atom. The molecule has 4 nitrogen and oxygen atoms in total. The number of halogens is 3. The van der Waals surface area contributed by atoms with Crippen molar-refractivity contribution in [1.29, 1.82) is 0 Å². The Morgan fingerprint density at radius 2 is 2.00 bits per heavy atom. The molecule has 1 aromatic rings. The number of hydrogen-bond donors (Lipinski definition) is 0. The van der Waals surface area contributed by atoms with E-state index in [4.69, 9.17) is 4.74 Å². The van der Waals surface area contributed by atoms with Gasteiger partial charge in [-0.2, -0.15) is 13.2 Å². The normalized spacial score (nSPS) is 18.6. The summed E-state index contributed by atoms with van der Waals surface area (Å²) in [6.45, 7) is 3.10. The molecule has 0 aliphatic carbocycles. The smallest absolute Gasteiger partial charge is 0.397 e. The highest BCUT2D eigenvalue weighted by atomic mass is 19.4. The van der Waals surface area contributed by atoms with Crippen LogP contribution in [0.3, 0.4) is 0 Å². The van der Waals surface area contributed by atoms with Gasteiger partial charge in [-0.3, -0.25) is 4.79 Å². The zero-order valence-electron chi connectivity index (χ0n) is 15.4. The molecule has 1 heterocycles. The molecule has 0 aromatic heterocycles. The fourth-order valence-electron chi connectivity index (χ4n) is 3.38. The first-order chi connectivity index (χ1) is 12.3. The lowest BCUT2D eigenvalue weighted by molar-refractivity contribution is -0.161. The number of hydrogen-bond acceptors (Lipinski definition) is 3. The molecule has 1 aliphatic rings.